The molecule has 1 amide bonds. The fourth-order valence-corrected chi connectivity index (χ4v) is 2.28. The molecule has 1 aromatic carbocycles. The van der Waals surface area contributed by atoms with Crippen LogP contribution < -0.4 is 10.2 Å². The summed E-state index contributed by atoms with van der Waals surface area (Å²) in [6.45, 7) is -0.0323. The summed E-state index contributed by atoms with van der Waals surface area (Å²) in [5.74, 6) is -1.34. The number of rotatable bonds is 4. The molecule has 0 spiro atoms. The lowest BCUT2D eigenvalue weighted by atomic mass is 10.3. The number of carbonyl (C=O) groups excluding carboxylic acids is 1. The van der Waals surface area contributed by atoms with Crippen LogP contribution in [0.4, 0.5) is 20.3 Å². The maximum absolute atomic E-state index is 13.1. The van der Waals surface area contributed by atoms with E-state index in [1.165, 1.54) is 6.33 Å². The molecule has 0 atom stereocenters. The largest absolute Gasteiger partial charge is 0.350 e. The second-order valence-corrected chi connectivity index (χ2v) is 5.00. The van der Waals surface area contributed by atoms with Crippen LogP contribution >= 0.6 is 0 Å². The first-order valence-electron chi connectivity index (χ1n) is 6.78. The number of hydrogen-bond acceptors (Lipinski definition) is 4. The van der Waals surface area contributed by atoms with Gasteiger partial charge in [-0.1, -0.05) is 0 Å². The molecule has 0 aliphatic rings. The molecule has 0 radical (unpaired) electrons. The Morgan fingerprint density at radius 1 is 1.26 bits per heavy atom. The van der Waals surface area contributed by atoms with E-state index in [1.807, 2.05) is 0 Å². The fraction of sp³-hybridized carbons (Fsp3) is 0.133. The summed E-state index contributed by atoms with van der Waals surface area (Å²) in [6.07, 6.45) is 3.12. The smallest absolute Gasteiger partial charge is 0.243 e. The molecule has 0 bridgehead atoms. The second-order valence-electron chi connectivity index (χ2n) is 5.00. The number of anilines is 2. The van der Waals surface area contributed by atoms with Crippen molar-refractivity contribution in [2.75, 3.05) is 23.8 Å². The summed E-state index contributed by atoms with van der Waals surface area (Å²) in [5, 5.41) is 3.23. The van der Waals surface area contributed by atoms with Gasteiger partial charge in [0, 0.05) is 25.0 Å². The van der Waals surface area contributed by atoms with Gasteiger partial charge in [0.1, 0.15) is 29.4 Å². The van der Waals surface area contributed by atoms with Crippen LogP contribution in [0.2, 0.25) is 0 Å². The monoisotopic (exact) mass is 317 g/mol. The highest BCUT2D eigenvalue weighted by Crippen LogP contribution is 2.20. The highest BCUT2D eigenvalue weighted by molar-refractivity contribution is 5.95. The van der Waals surface area contributed by atoms with E-state index in [0.717, 1.165) is 23.6 Å². The first-order chi connectivity index (χ1) is 11.0. The van der Waals surface area contributed by atoms with Gasteiger partial charge in [0.05, 0.1) is 11.9 Å². The minimum absolute atomic E-state index is 0.0323. The number of nitrogens with zero attached hydrogens (tertiary/aromatic N) is 3. The quantitative estimate of drug-likeness (QED) is 0.774. The van der Waals surface area contributed by atoms with Crippen molar-refractivity contribution in [2.24, 2.45) is 0 Å². The summed E-state index contributed by atoms with van der Waals surface area (Å²) < 4.78 is 26.2. The van der Waals surface area contributed by atoms with Gasteiger partial charge in [-0.25, -0.2) is 18.7 Å². The third kappa shape index (κ3) is 3.25. The zero-order valence-electron chi connectivity index (χ0n) is 12.2. The normalized spacial score (nSPS) is 10.7. The SMILES string of the molecule is CN(CC(=O)Nc1cc(F)cc(F)c1)c1ncnc2[nH]ccc12. The molecular formula is C15H13F2N5O. The van der Waals surface area contributed by atoms with E-state index in [1.54, 1.807) is 24.2 Å². The number of benzene rings is 1. The van der Waals surface area contributed by atoms with Crippen molar-refractivity contribution in [2.45, 2.75) is 0 Å². The molecule has 2 heterocycles. The first-order valence-corrected chi connectivity index (χ1v) is 6.78. The lowest BCUT2D eigenvalue weighted by Crippen LogP contribution is -2.30. The van der Waals surface area contributed by atoms with Gasteiger partial charge in [-0.3, -0.25) is 4.79 Å². The molecule has 23 heavy (non-hydrogen) atoms. The minimum Gasteiger partial charge on any atom is -0.350 e. The third-order valence-electron chi connectivity index (χ3n) is 3.22. The summed E-state index contributed by atoms with van der Waals surface area (Å²) >= 11 is 0. The molecule has 0 unspecified atom stereocenters. The molecule has 6 nitrogen and oxygen atoms in total. The Balaban J connectivity index is 1.73. The van der Waals surface area contributed by atoms with Crippen molar-refractivity contribution in [1.82, 2.24) is 15.0 Å². The van der Waals surface area contributed by atoms with Crippen molar-refractivity contribution < 1.29 is 13.6 Å². The van der Waals surface area contributed by atoms with Gasteiger partial charge in [0.15, 0.2) is 0 Å². The number of likely N-dealkylation sites (N-methyl/N-ethyl adjacent to an activating group) is 1. The van der Waals surface area contributed by atoms with Crippen molar-refractivity contribution in [1.29, 1.82) is 0 Å². The molecular weight excluding hydrogens is 304 g/mol. The molecule has 2 aromatic heterocycles. The number of halogens is 2. The molecule has 0 saturated carbocycles. The Bertz CT molecular complexity index is 844. The van der Waals surface area contributed by atoms with Crippen LogP contribution in [0.1, 0.15) is 0 Å². The number of H-pyrrole nitrogens is 1. The first kappa shape index (κ1) is 14.9. The average Bonchev–Trinajstić information content (AvgIpc) is 2.93. The summed E-state index contributed by atoms with van der Waals surface area (Å²) in [5.41, 5.74) is 0.727. The van der Waals surface area contributed by atoms with Crippen molar-refractivity contribution >= 4 is 28.4 Å². The Hall–Kier alpha value is -3.03. The van der Waals surface area contributed by atoms with Crippen LogP contribution in [-0.4, -0.2) is 34.5 Å². The maximum atomic E-state index is 13.1. The maximum Gasteiger partial charge on any atom is 0.243 e. The molecule has 0 saturated heterocycles. The lowest BCUT2D eigenvalue weighted by molar-refractivity contribution is -0.114. The number of carbonyl (C=O) groups is 1. The number of aromatic amines is 1. The fourth-order valence-electron chi connectivity index (χ4n) is 2.28. The standard InChI is InChI=1S/C15H13F2N5O/c1-22(15-12-2-3-18-14(12)19-8-20-15)7-13(23)21-11-5-9(16)4-10(17)6-11/h2-6,8H,7H2,1H3,(H,21,23)(H,18,19,20). The van der Waals surface area contributed by atoms with Crippen LogP contribution in [0.5, 0.6) is 0 Å². The van der Waals surface area contributed by atoms with Crippen LogP contribution in [-0.2, 0) is 4.79 Å². The molecule has 0 aliphatic heterocycles. The Kier molecular flexibility index (Phi) is 3.88. The molecule has 0 fully saturated rings. The van der Waals surface area contributed by atoms with E-state index < -0.39 is 17.5 Å². The zero-order valence-corrected chi connectivity index (χ0v) is 12.2. The van der Waals surface area contributed by atoms with Crippen LogP contribution in [0.25, 0.3) is 11.0 Å². The molecule has 0 aliphatic carbocycles. The highest BCUT2D eigenvalue weighted by atomic mass is 19.1. The summed E-state index contributed by atoms with van der Waals surface area (Å²) in [7, 11) is 1.69. The van der Waals surface area contributed by atoms with Crippen molar-refractivity contribution in [3.05, 3.63) is 48.4 Å². The van der Waals surface area contributed by atoms with Gasteiger partial charge >= 0.3 is 0 Å². The summed E-state index contributed by atoms with van der Waals surface area (Å²) in [6, 6.07) is 4.65. The van der Waals surface area contributed by atoms with Crippen molar-refractivity contribution in [3.63, 3.8) is 0 Å². The molecule has 3 rings (SSSR count). The highest BCUT2D eigenvalue weighted by Gasteiger charge is 2.13. The Morgan fingerprint density at radius 2 is 2.00 bits per heavy atom. The third-order valence-corrected chi connectivity index (χ3v) is 3.22. The minimum atomic E-state index is -0.751. The van der Waals surface area contributed by atoms with E-state index in [-0.39, 0.29) is 12.2 Å². The van der Waals surface area contributed by atoms with Gasteiger partial charge in [-0.15, -0.1) is 0 Å². The number of fused-ring (bicyclic) bond motifs is 1. The average molecular weight is 317 g/mol. The van der Waals surface area contributed by atoms with Crippen LogP contribution in [0.15, 0.2) is 36.8 Å². The Morgan fingerprint density at radius 3 is 2.74 bits per heavy atom. The molecule has 118 valence electrons. The van der Waals surface area contributed by atoms with Crippen molar-refractivity contribution in [3.8, 4) is 0 Å². The van der Waals surface area contributed by atoms with Gasteiger partial charge in [-0.05, 0) is 18.2 Å². The van der Waals surface area contributed by atoms with Gasteiger partial charge in [0.25, 0.3) is 0 Å². The topological polar surface area (TPSA) is 73.9 Å². The van der Waals surface area contributed by atoms with E-state index in [4.69, 9.17) is 0 Å². The van der Waals surface area contributed by atoms with Crippen LogP contribution in [0, 0.1) is 11.6 Å². The number of aromatic nitrogens is 3. The number of hydrogen-bond donors (Lipinski definition) is 2. The number of nitrogens with one attached hydrogen (secondary N) is 2. The number of amides is 1. The predicted octanol–water partition coefficient (Wildman–Crippen LogP) is 2.31. The molecule has 3 aromatic rings. The molecule has 8 heteroatoms. The zero-order chi connectivity index (χ0) is 16.4. The van der Waals surface area contributed by atoms with Gasteiger partial charge < -0.3 is 15.2 Å². The van der Waals surface area contributed by atoms with E-state index in [0.29, 0.717) is 11.5 Å². The van der Waals surface area contributed by atoms with E-state index >= 15 is 0 Å². The van der Waals surface area contributed by atoms with Crippen LogP contribution in [0.3, 0.4) is 0 Å². The Labute approximate surface area is 130 Å². The van der Waals surface area contributed by atoms with Gasteiger partial charge in [0.2, 0.25) is 5.91 Å². The second kappa shape index (κ2) is 5.99. The van der Waals surface area contributed by atoms with E-state index in [9.17, 15) is 13.6 Å². The lowest BCUT2D eigenvalue weighted by Gasteiger charge is -2.18. The van der Waals surface area contributed by atoms with E-state index in [2.05, 4.69) is 20.3 Å². The summed E-state index contributed by atoms with van der Waals surface area (Å²) in [4.78, 5) is 24.9. The predicted molar refractivity (Wildman–Crippen MR) is 82.1 cm³/mol. The van der Waals surface area contributed by atoms with Gasteiger partial charge in [-0.2, -0.15) is 0 Å². The molecule has 2 N–H and O–H groups in total.